The molecule has 0 radical (unpaired) electrons. The minimum absolute atomic E-state index is 0.275. The molecule has 0 aliphatic rings. The molecule has 0 heterocycles. The van der Waals surface area contributed by atoms with Gasteiger partial charge in [0.05, 0.1) is 12.5 Å². The zero-order chi connectivity index (χ0) is 12.7. The number of carbonyl (C=O) groups excluding carboxylic acids is 1. The summed E-state index contributed by atoms with van der Waals surface area (Å²) < 4.78 is 14.1. The highest BCUT2D eigenvalue weighted by molar-refractivity contribution is 7.96. The van der Waals surface area contributed by atoms with Crippen LogP contribution in [-0.2, 0) is 0 Å². The van der Waals surface area contributed by atoms with E-state index in [0.717, 1.165) is 0 Å². The molecule has 0 atom stereocenters. The van der Waals surface area contributed by atoms with Crippen LogP contribution in [0.1, 0.15) is 6.42 Å². The number of hydrogen-bond donors (Lipinski definition) is 1. The van der Waals surface area contributed by atoms with Crippen molar-refractivity contribution >= 4 is 23.7 Å². The number of nitrogens with one attached hydrogen (secondary N) is 1. The Hall–Kier alpha value is -1.74. The summed E-state index contributed by atoms with van der Waals surface area (Å²) in [5, 5.41) is 11.1. The third-order valence-electron chi connectivity index (χ3n) is 1.97. The van der Waals surface area contributed by atoms with Crippen LogP contribution in [0.15, 0.2) is 24.3 Å². The number of amides is 2. The fourth-order valence-electron chi connectivity index (χ4n) is 1.15. The lowest BCUT2D eigenvalue weighted by molar-refractivity contribution is 0.239. The van der Waals surface area contributed by atoms with Crippen LogP contribution >= 0.6 is 11.9 Å². The molecule has 0 fully saturated rings. The highest BCUT2D eigenvalue weighted by atomic mass is 32.2. The van der Waals surface area contributed by atoms with Crippen LogP contribution in [0, 0.1) is 17.1 Å². The molecule has 17 heavy (non-hydrogen) atoms. The summed E-state index contributed by atoms with van der Waals surface area (Å²) in [5.41, 5.74) is 0.521. The first-order valence-electron chi connectivity index (χ1n) is 4.92. The maximum Gasteiger partial charge on any atom is 0.331 e. The van der Waals surface area contributed by atoms with Crippen LogP contribution in [0.3, 0.4) is 0 Å². The summed E-state index contributed by atoms with van der Waals surface area (Å²) in [5.74, 6) is -0.353. The largest absolute Gasteiger partial charge is 0.331 e. The van der Waals surface area contributed by atoms with Crippen molar-refractivity contribution in [2.75, 3.05) is 18.1 Å². The minimum atomic E-state index is -0.353. The third kappa shape index (κ3) is 4.33. The summed E-state index contributed by atoms with van der Waals surface area (Å²) in [6, 6.07) is 7.16. The molecule has 0 unspecified atom stereocenters. The predicted molar refractivity (Wildman–Crippen MR) is 65.9 cm³/mol. The molecule has 1 N–H and O–H groups in total. The third-order valence-corrected chi connectivity index (χ3v) is 2.76. The van der Waals surface area contributed by atoms with Gasteiger partial charge in [-0.25, -0.2) is 9.18 Å². The lowest BCUT2D eigenvalue weighted by Crippen LogP contribution is -2.29. The monoisotopic (exact) mass is 253 g/mol. The second kappa shape index (κ2) is 6.76. The van der Waals surface area contributed by atoms with E-state index in [-0.39, 0.29) is 18.3 Å². The van der Waals surface area contributed by atoms with E-state index in [0.29, 0.717) is 12.2 Å². The van der Waals surface area contributed by atoms with E-state index in [2.05, 4.69) is 5.32 Å². The first kappa shape index (κ1) is 13.3. The van der Waals surface area contributed by atoms with Crippen LogP contribution in [0.2, 0.25) is 0 Å². The van der Waals surface area contributed by atoms with Crippen LogP contribution in [0.5, 0.6) is 0 Å². The second-order valence-corrected chi connectivity index (χ2v) is 3.94. The number of nitrogens with zero attached hydrogens (tertiary/aromatic N) is 2. The Morgan fingerprint density at radius 2 is 2.18 bits per heavy atom. The van der Waals surface area contributed by atoms with E-state index in [1.54, 1.807) is 6.26 Å². The number of urea groups is 1. The van der Waals surface area contributed by atoms with Crippen molar-refractivity contribution in [1.29, 1.82) is 5.26 Å². The number of carbonyl (C=O) groups is 1. The molecule has 4 nitrogen and oxygen atoms in total. The first-order valence-corrected chi connectivity index (χ1v) is 6.10. The quantitative estimate of drug-likeness (QED) is 0.839. The first-order chi connectivity index (χ1) is 8.17. The minimum Gasteiger partial charge on any atom is -0.307 e. The van der Waals surface area contributed by atoms with E-state index in [4.69, 9.17) is 5.26 Å². The van der Waals surface area contributed by atoms with E-state index in [1.807, 2.05) is 6.07 Å². The van der Waals surface area contributed by atoms with E-state index in [9.17, 15) is 9.18 Å². The molecule has 0 saturated carbocycles. The van der Waals surface area contributed by atoms with Crippen molar-refractivity contribution in [3.63, 3.8) is 0 Å². The Balaban J connectivity index is 2.58. The van der Waals surface area contributed by atoms with Gasteiger partial charge in [-0.3, -0.25) is 4.31 Å². The van der Waals surface area contributed by atoms with E-state index < -0.39 is 0 Å². The molecule has 0 bridgehead atoms. The summed E-state index contributed by atoms with van der Waals surface area (Å²) in [7, 11) is 0. The molecule has 1 rings (SSSR count). The molecule has 2 amide bonds. The Morgan fingerprint density at radius 1 is 1.53 bits per heavy atom. The Kier molecular flexibility index (Phi) is 5.30. The molecular formula is C11H12FN3OS. The van der Waals surface area contributed by atoms with Crippen LogP contribution in [0.4, 0.5) is 14.9 Å². The SMILES string of the molecule is CSN(CCC#N)C(=O)Nc1ccc(F)cc1. The molecule has 0 saturated heterocycles. The van der Waals surface area contributed by atoms with Gasteiger partial charge in [0.25, 0.3) is 0 Å². The highest BCUT2D eigenvalue weighted by Gasteiger charge is 2.11. The number of nitriles is 1. The maximum atomic E-state index is 12.7. The van der Waals surface area contributed by atoms with Gasteiger partial charge in [-0.05, 0) is 36.2 Å². The normalized spacial score (nSPS) is 9.47. The standard InChI is InChI=1S/C11H12FN3OS/c1-17-15(8-2-7-13)11(16)14-10-5-3-9(12)4-6-10/h3-6H,2,8H2,1H3,(H,14,16). The van der Waals surface area contributed by atoms with Gasteiger partial charge in [-0.2, -0.15) is 5.26 Å². The zero-order valence-electron chi connectivity index (χ0n) is 9.31. The Labute approximate surface area is 104 Å². The van der Waals surface area contributed by atoms with E-state index in [1.165, 1.54) is 40.5 Å². The number of rotatable bonds is 4. The lowest BCUT2D eigenvalue weighted by Gasteiger charge is -2.18. The smallest absolute Gasteiger partial charge is 0.307 e. The molecule has 0 spiro atoms. The average molecular weight is 253 g/mol. The van der Waals surface area contributed by atoms with Gasteiger partial charge in [0.2, 0.25) is 0 Å². The molecule has 0 aromatic heterocycles. The molecule has 90 valence electrons. The van der Waals surface area contributed by atoms with Gasteiger partial charge in [0.15, 0.2) is 0 Å². The van der Waals surface area contributed by atoms with Crippen molar-refractivity contribution in [1.82, 2.24) is 4.31 Å². The molecule has 0 aliphatic heterocycles. The Bertz CT molecular complexity index is 416. The summed E-state index contributed by atoms with van der Waals surface area (Å²) >= 11 is 1.24. The number of benzene rings is 1. The molecule has 6 heteroatoms. The predicted octanol–water partition coefficient (Wildman–Crippen LogP) is 2.85. The fourth-order valence-corrected chi connectivity index (χ4v) is 1.63. The molecule has 1 aromatic carbocycles. The average Bonchev–Trinajstić information content (AvgIpc) is 2.33. The summed E-state index contributed by atoms with van der Waals surface area (Å²) in [6.45, 7) is 0.352. The second-order valence-electron chi connectivity index (χ2n) is 3.13. The molecular weight excluding hydrogens is 241 g/mol. The van der Waals surface area contributed by atoms with Gasteiger partial charge in [0.1, 0.15) is 5.82 Å². The van der Waals surface area contributed by atoms with Gasteiger partial charge in [0, 0.05) is 18.5 Å². The van der Waals surface area contributed by atoms with Crippen molar-refractivity contribution in [2.24, 2.45) is 0 Å². The highest BCUT2D eigenvalue weighted by Crippen LogP contribution is 2.12. The van der Waals surface area contributed by atoms with Crippen LogP contribution in [-0.4, -0.2) is 23.1 Å². The van der Waals surface area contributed by atoms with Crippen molar-refractivity contribution in [3.8, 4) is 6.07 Å². The summed E-state index contributed by atoms with van der Waals surface area (Å²) in [4.78, 5) is 11.7. The molecule has 0 aliphatic carbocycles. The summed E-state index contributed by atoms with van der Waals surface area (Å²) in [6.07, 6.45) is 2.03. The van der Waals surface area contributed by atoms with Gasteiger partial charge in [-0.15, -0.1) is 0 Å². The van der Waals surface area contributed by atoms with Crippen molar-refractivity contribution in [2.45, 2.75) is 6.42 Å². The van der Waals surface area contributed by atoms with Gasteiger partial charge in [-0.1, -0.05) is 0 Å². The van der Waals surface area contributed by atoms with Gasteiger partial charge < -0.3 is 5.32 Å². The van der Waals surface area contributed by atoms with Crippen LogP contribution in [0.25, 0.3) is 0 Å². The van der Waals surface area contributed by atoms with Crippen molar-refractivity contribution < 1.29 is 9.18 Å². The number of halogens is 1. The van der Waals surface area contributed by atoms with Crippen LogP contribution < -0.4 is 5.32 Å². The zero-order valence-corrected chi connectivity index (χ0v) is 10.1. The molecule has 1 aromatic rings. The maximum absolute atomic E-state index is 12.7. The number of anilines is 1. The lowest BCUT2D eigenvalue weighted by atomic mass is 10.3. The Morgan fingerprint density at radius 3 is 2.71 bits per heavy atom. The van der Waals surface area contributed by atoms with Crippen molar-refractivity contribution in [3.05, 3.63) is 30.1 Å². The van der Waals surface area contributed by atoms with Gasteiger partial charge >= 0.3 is 6.03 Å². The fraction of sp³-hybridized carbons (Fsp3) is 0.273. The van der Waals surface area contributed by atoms with E-state index >= 15 is 0 Å². The topological polar surface area (TPSA) is 56.1 Å². The number of hydrogen-bond acceptors (Lipinski definition) is 3.